The van der Waals surface area contributed by atoms with Crippen LogP contribution in [-0.2, 0) is 6.61 Å². The molecule has 2 aromatic rings. The third-order valence-corrected chi connectivity index (χ3v) is 2.83. The van der Waals surface area contributed by atoms with Crippen LogP contribution in [0.3, 0.4) is 0 Å². The van der Waals surface area contributed by atoms with Crippen LogP contribution in [-0.4, -0.2) is 19.9 Å². The van der Waals surface area contributed by atoms with E-state index in [4.69, 9.17) is 11.6 Å². The maximum atomic E-state index is 13.9. The predicted octanol–water partition coefficient (Wildman–Crippen LogP) is 2.81. The number of aromatic nitrogens is 3. The summed E-state index contributed by atoms with van der Waals surface area (Å²) >= 11 is 5.72. The third-order valence-electron chi connectivity index (χ3n) is 2.60. The molecule has 0 amide bonds. The molecule has 1 N–H and O–H groups in total. The number of hydrogen-bond donors (Lipinski definition) is 1. The Morgan fingerprint density at radius 1 is 1.39 bits per heavy atom. The van der Waals surface area contributed by atoms with Gasteiger partial charge in [-0.25, -0.2) is 4.39 Å². The summed E-state index contributed by atoms with van der Waals surface area (Å²) < 4.78 is 15.6. The molecule has 0 saturated heterocycles. The van der Waals surface area contributed by atoms with Crippen molar-refractivity contribution in [2.24, 2.45) is 0 Å². The monoisotopic (exact) mass is 269 g/mol. The Kier molecular flexibility index (Phi) is 3.63. The number of hydrogen-bond acceptors (Lipinski definition) is 3. The lowest BCUT2D eigenvalue weighted by molar-refractivity contribution is 0.262. The molecule has 6 heteroatoms. The van der Waals surface area contributed by atoms with Crippen LogP contribution in [0.25, 0.3) is 11.4 Å². The zero-order valence-electron chi connectivity index (χ0n) is 10.1. The average molecular weight is 270 g/mol. The van der Waals surface area contributed by atoms with Gasteiger partial charge in [-0.2, -0.15) is 0 Å². The summed E-state index contributed by atoms with van der Waals surface area (Å²) in [5.41, 5.74) is 0.320. The van der Waals surface area contributed by atoms with Crippen molar-refractivity contribution in [2.75, 3.05) is 0 Å². The van der Waals surface area contributed by atoms with E-state index in [2.05, 4.69) is 10.2 Å². The first kappa shape index (κ1) is 13.0. The molecule has 1 aromatic carbocycles. The van der Waals surface area contributed by atoms with Crippen molar-refractivity contribution in [1.82, 2.24) is 14.8 Å². The normalized spacial score (nSPS) is 11.2. The Bertz CT molecular complexity index is 568. The number of aliphatic hydroxyl groups excluding tert-OH is 1. The molecule has 0 bridgehead atoms. The molecular formula is C12H13ClFN3O. The summed E-state index contributed by atoms with van der Waals surface area (Å²) in [4.78, 5) is 0. The fourth-order valence-corrected chi connectivity index (χ4v) is 1.99. The van der Waals surface area contributed by atoms with Crippen molar-refractivity contribution >= 4 is 11.6 Å². The minimum Gasteiger partial charge on any atom is -0.388 e. The van der Waals surface area contributed by atoms with E-state index in [9.17, 15) is 9.50 Å². The molecule has 0 radical (unpaired) electrons. The molecule has 0 atom stereocenters. The van der Waals surface area contributed by atoms with E-state index in [0.29, 0.717) is 22.2 Å². The third kappa shape index (κ3) is 2.23. The Labute approximate surface area is 109 Å². The molecule has 96 valence electrons. The molecule has 18 heavy (non-hydrogen) atoms. The molecule has 0 unspecified atom stereocenters. The Balaban J connectivity index is 2.60. The maximum Gasteiger partial charge on any atom is 0.167 e. The largest absolute Gasteiger partial charge is 0.388 e. The van der Waals surface area contributed by atoms with Gasteiger partial charge in [0.1, 0.15) is 12.4 Å². The van der Waals surface area contributed by atoms with Crippen LogP contribution in [0.1, 0.15) is 25.7 Å². The molecule has 4 nitrogen and oxygen atoms in total. The zero-order valence-corrected chi connectivity index (χ0v) is 10.8. The highest BCUT2D eigenvalue weighted by Crippen LogP contribution is 2.26. The van der Waals surface area contributed by atoms with Crippen molar-refractivity contribution in [3.63, 3.8) is 0 Å². The van der Waals surface area contributed by atoms with Gasteiger partial charge >= 0.3 is 0 Å². The molecule has 0 aliphatic carbocycles. The second-order valence-corrected chi connectivity index (χ2v) is 4.62. The molecule has 0 spiro atoms. The number of benzene rings is 1. The van der Waals surface area contributed by atoms with Gasteiger partial charge in [0.05, 0.1) is 5.56 Å². The second kappa shape index (κ2) is 5.04. The Morgan fingerprint density at radius 3 is 2.67 bits per heavy atom. The lowest BCUT2D eigenvalue weighted by atomic mass is 10.2. The summed E-state index contributed by atoms with van der Waals surface area (Å²) in [6, 6.07) is 4.40. The van der Waals surface area contributed by atoms with Gasteiger partial charge in [-0.3, -0.25) is 0 Å². The lowest BCUT2D eigenvalue weighted by Gasteiger charge is -2.13. The van der Waals surface area contributed by atoms with Crippen molar-refractivity contribution in [2.45, 2.75) is 26.5 Å². The number of nitrogens with zero attached hydrogens (tertiary/aromatic N) is 3. The Hall–Kier alpha value is -1.46. The van der Waals surface area contributed by atoms with Crippen molar-refractivity contribution in [3.8, 4) is 11.4 Å². The van der Waals surface area contributed by atoms with Crippen molar-refractivity contribution in [3.05, 3.63) is 34.9 Å². The standard InChI is InChI=1S/C12H13ClFN3O/c1-7(2)17-11(6-18)15-16-12(17)9-4-3-8(13)5-10(9)14/h3-5,7,18H,6H2,1-2H3. The fraction of sp³-hybridized carbons (Fsp3) is 0.333. The van der Waals surface area contributed by atoms with Crippen LogP contribution in [0.4, 0.5) is 4.39 Å². The van der Waals surface area contributed by atoms with E-state index >= 15 is 0 Å². The van der Waals surface area contributed by atoms with E-state index in [0.717, 1.165) is 0 Å². The maximum absolute atomic E-state index is 13.9. The minimum absolute atomic E-state index is 0.0206. The van der Waals surface area contributed by atoms with E-state index in [1.807, 2.05) is 13.8 Å². The van der Waals surface area contributed by atoms with Gasteiger partial charge < -0.3 is 9.67 Å². The van der Waals surface area contributed by atoms with Crippen molar-refractivity contribution in [1.29, 1.82) is 0 Å². The Morgan fingerprint density at radius 2 is 2.11 bits per heavy atom. The van der Waals surface area contributed by atoms with Gasteiger partial charge in [0.25, 0.3) is 0 Å². The first-order valence-corrected chi connectivity index (χ1v) is 5.92. The SMILES string of the molecule is CC(C)n1c(CO)nnc1-c1ccc(Cl)cc1F. The van der Waals surface area contributed by atoms with Gasteiger partial charge in [0.15, 0.2) is 11.6 Å². The van der Waals surface area contributed by atoms with Gasteiger partial charge in [-0.05, 0) is 32.0 Å². The van der Waals surface area contributed by atoms with Gasteiger partial charge in [-0.15, -0.1) is 10.2 Å². The fourth-order valence-electron chi connectivity index (χ4n) is 1.83. The van der Waals surface area contributed by atoms with Gasteiger partial charge in [-0.1, -0.05) is 11.6 Å². The second-order valence-electron chi connectivity index (χ2n) is 4.19. The quantitative estimate of drug-likeness (QED) is 0.932. The highest BCUT2D eigenvalue weighted by atomic mass is 35.5. The highest BCUT2D eigenvalue weighted by molar-refractivity contribution is 6.30. The number of aliphatic hydroxyl groups is 1. The van der Waals surface area contributed by atoms with Crippen LogP contribution in [0, 0.1) is 5.82 Å². The van der Waals surface area contributed by atoms with Crippen LogP contribution in [0.2, 0.25) is 5.02 Å². The summed E-state index contributed by atoms with van der Waals surface area (Å²) in [6.45, 7) is 3.60. The van der Waals surface area contributed by atoms with Crippen molar-refractivity contribution < 1.29 is 9.50 Å². The van der Waals surface area contributed by atoms with Crippen LogP contribution in [0.15, 0.2) is 18.2 Å². The topological polar surface area (TPSA) is 50.9 Å². The van der Waals surface area contributed by atoms with Gasteiger partial charge in [0, 0.05) is 11.1 Å². The summed E-state index contributed by atoms with van der Waals surface area (Å²) in [5.74, 6) is 0.346. The molecule has 1 aromatic heterocycles. The number of rotatable bonds is 3. The lowest BCUT2D eigenvalue weighted by Crippen LogP contribution is -2.08. The summed E-state index contributed by atoms with van der Waals surface area (Å²) in [7, 11) is 0. The van der Waals surface area contributed by atoms with E-state index in [1.165, 1.54) is 6.07 Å². The predicted molar refractivity (Wildman–Crippen MR) is 66.7 cm³/mol. The van der Waals surface area contributed by atoms with Crippen LogP contribution < -0.4 is 0 Å². The molecular weight excluding hydrogens is 257 g/mol. The molecule has 0 aliphatic heterocycles. The van der Waals surface area contributed by atoms with E-state index < -0.39 is 5.82 Å². The van der Waals surface area contributed by atoms with Crippen LogP contribution >= 0.6 is 11.6 Å². The molecule has 2 rings (SSSR count). The smallest absolute Gasteiger partial charge is 0.167 e. The van der Waals surface area contributed by atoms with Crippen LogP contribution in [0.5, 0.6) is 0 Å². The molecule has 0 saturated carbocycles. The molecule has 1 heterocycles. The first-order chi connectivity index (χ1) is 8.54. The zero-order chi connectivity index (χ0) is 13.3. The van der Waals surface area contributed by atoms with E-state index in [-0.39, 0.29) is 12.6 Å². The summed E-state index contributed by atoms with van der Waals surface area (Å²) in [5, 5.41) is 17.3. The molecule has 0 fully saturated rings. The average Bonchev–Trinajstić information content (AvgIpc) is 2.72. The highest BCUT2D eigenvalue weighted by Gasteiger charge is 2.18. The number of halogens is 2. The minimum atomic E-state index is -0.457. The van der Waals surface area contributed by atoms with Gasteiger partial charge in [0.2, 0.25) is 0 Å². The molecule has 0 aliphatic rings. The first-order valence-electron chi connectivity index (χ1n) is 5.54. The summed E-state index contributed by atoms with van der Waals surface area (Å²) in [6.07, 6.45) is 0. The van der Waals surface area contributed by atoms with E-state index in [1.54, 1.807) is 16.7 Å².